The van der Waals surface area contributed by atoms with Crippen molar-refractivity contribution >= 4 is 23.0 Å². The Morgan fingerprint density at radius 3 is 2.81 bits per heavy atom. The predicted molar refractivity (Wildman–Crippen MR) is 95.9 cm³/mol. The molecule has 0 saturated carbocycles. The number of nitrogens with zero attached hydrogens (tertiary/aromatic N) is 1. The minimum Gasteiger partial charge on any atom is -0.458 e. The standard InChI is InChI=1S/C19H24N2O5/c1-13(22)25-17-8-10-21(12-18(17)26-19(23)24-2)9-7-14-11-20-16-6-4-3-5-15(14)16/h3-6,11,17-18,20H,7-10,12H2,1-2H3/t17-,18+/m1/s1. The van der Waals surface area contributed by atoms with E-state index in [-0.39, 0.29) is 5.97 Å². The molecule has 1 aliphatic heterocycles. The van der Waals surface area contributed by atoms with Gasteiger partial charge in [0.1, 0.15) is 6.10 Å². The molecule has 1 N–H and O–H groups in total. The summed E-state index contributed by atoms with van der Waals surface area (Å²) in [6.07, 6.45) is 1.82. The summed E-state index contributed by atoms with van der Waals surface area (Å²) in [6.45, 7) is 3.48. The van der Waals surface area contributed by atoms with E-state index in [1.807, 2.05) is 18.3 Å². The van der Waals surface area contributed by atoms with E-state index in [1.165, 1.54) is 25.0 Å². The lowest BCUT2D eigenvalue weighted by molar-refractivity contribution is -0.158. The van der Waals surface area contributed by atoms with Crippen LogP contribution in [0, 0.1) is 0 Å². The van der Waals surface area contributed by atoms with Gasteiger partial charge >= 0.3 is 12.1 Å². The first-order valence-corrected chi connectivity index (χ1v) is 8.76. The predicted octanol–water partition coefficient (Wildman–Crippen LogP) is 2.50. The molecule has 2 aromatic rings. The number of nitrogens with one attached hydrogen (secondary N) is 1. The second-order valence-corrected chi connectivity index (χ2v) is 6.46. The molecule has 2 atom stereocenters. The molecule has 1 aromatic heterocycles. The smallest absolute Gasteiger partial charge is 0.458 e. The topological polar surface area (TPSA) is 80.9 Å². The van der Waals surface area contributed by atoms with Crippen LogP contribution < -0.4 is 0 Å². The quantitative estimate of drug-likeness (QED) is 0.825. The molecule has 0 amide bonds. The highest BCUT2D eigenvalue weighted by Crippen LogP contribution is 2.21. The second kappa shape index (κ2) is 8.23. The van der Waals surface area contributed by atoms with Crippen LogP contribution in [0.3, 0.4) is 0 Å². The molecule has 0 aliphatic carbocycles. The van der Waals surface area contributed by atoms with Gasteiger partial charge in [-0.2, -0.15) is 0 Å². The van der Waals surface area contributed by atoms with Gasteiger partial charge in [0.05, 0.1) is 7.11 Å². The third-order valence-electron chi connectivity index (χ3n) is 4.69. The summed E-state index contributed by atoms with van der Waals surface area (Å²) < 4.78 is 15.2. The number of H-pyrrole nitrogens is 1. The Hall–Kier alpha value is -2.54. The maximum absolute atomic E-state index is 11.5. The van der Waals surface area contributed by atoms with Gasteiger partial charge in [0, 0.05) is 50.1 Å². The Morgan fingerprint density at radius 1 is 1.23 bits per heavy atom. The average molecular weight is 360 g/mol. The SMILES string of the molecule is COC(=O)O[C@H]1CN(CCc2c[nH]c3ccccc23)CC[C@H]1OC(C)=O. The number of carbonyl (C=O) groups is 2. The number of rotatable bonds is 5. The zero-order chi connectivity index (χ0) is 18.5. The Labute approximate surface area is 152 Å². The first-order valence-electron chi connectivity index (χ1n) is 8.76. The first-order chi connectivity index (χ1) is 12.6. The maximum Gasteiger partial charge on any atom is 0.508 e. The molecular formula is C19H24N2O5. The number of piperidine rings is 1. The van der Waals surface area contributed by atoms with Gasteiger partial charge in [-0.25, -0.2) is 4.79 Å². The molecule has 3 rings (SSSR count). The van der Waals surface area contributed by atoms with E-state index in [0.717, 1.165) is 25.0 Å². The molecule has 1 saturated heterocycles. The Bertz CT molecular complexity index is 772. The van der Waals surface area contributed by atoms with E-state index in [9.17, 15) is 9.59 Å². The molecular weight excluding hydrogens is 336 g/mol. The number of hydrogen-bond donors (Lipinski definition) is 1. The number of aromatic amines is 1. The van der Waals surface area contributed by atoms with E-state index in [4.69, 9.17) is 9.47 Å². The van der Waals surface area contributed by atoms with Crippen LogP contribution in [0.2, 0.25) is 0 Å². The number of ether oxygens (including phenoxy) is 3. The van der Waals surface area contributed by atoms with Crippen LogP contribution in [0.25, 0.3) is 10.9 Å². The van der Waals surface area contributed by atoms with Gasteiger partial charge in [-0.05, 0) is 18.1 Å². The summed E-state index contributed by atoms with van der Waals surface area (Å²) in [7, 11) is 1.26. The van der Waals surface area contributed by atoms with Crippen molar-refractivity contribution in [2.75, 3.05) is 26.7 Å². The van der Waals surface area contributed by atoms with Gasteiger partial charge in [-0.15, -0.1) is 0 Å². The number of fused-ring (bicyclic) bond motifs is 1. The lowest BCUT2D eigenvalue weighted by Crippen LogP contribution is -2.50. The van der Waals surface area contributed by atoms with Crippen LogP contribution in [0.1, 0.15) is 18.9 Å². The monoisotopic (exact) mass is 360 g/mol. The van der Waals surface area contributed by atoms with E-state index < -0.39 is 18.4 Å². The van der Waals surface area contributed by atoms with E-state index in [2.05, 4.69) is 26.8 Å². The fraction of sp³-hybridized carbons (Fsp3) is 0.474. The lowest BCUT2D eigenvalue weighted by atomic mass is 10.0. The third kappa shape index (κ3) is 4.35. The Kier molecular flexibility index (Phi) is 5.78. The fourth-order valence-corrected chi connectivity index (χ4v) is 3.41. The number of para-hydroxylation sites is 1. The average Bonchev–Trinajstić information content (AvgIpc) is 3.04. The van der Waals surface area contributed by atoms with Crippen molar-refractivity contribution < 1.29 is 23.8 Å². The molecule has 1 aliphatic rings. The van der Waals surface area contributed by atoms with Gasteiger partial charge in [-0.1, -0.05) is 18.2 Å². The molecule has 0 spiro atoms. The molecule has 1 fully saturated rings. The number of aromatic nitrogens is 1. The van der Waals surface area contributed by atoms with E-state index in [1.54, 1.807) is 0 Å². The highest BCUT2D eigenvalue weighted by molar-refractivity contribution is 5.83. The first kappa shape index (κ1) is 18.3. The summed E-state index contributed by atoms with van der Waals surface area (Å²) in [5.74, 6) is -0.374. The Morgan fingerprint density at radius 2 is 2.04 bits per heavy atom. The van der Waals surface area contributed by atoms with Crippen LogP contribution >= 0.6 is 0 Å². The van der Waals surface area contributed by atoms with Crippen LogP contribution in [0.4, 0.5) is 4.79 Å². The van der Waals surface area contributed by atoms with E-state index >= 15 is 0 Å². The minimum absolute atomic E-state index is 0.374. The normalized spacial score (nSPS) is 20.7. The number of hydrogen-bond acceptors (Lipinski definition) is 6. The van der Waals surface area contributed by atoms with Crippen molar-refractivity contribution in [3.05, 3.63) is 36.0 Å². The summed E-state index contributed by atoms with van der Waals surface area (Å²) in [5, 5.41) is 1.23. The van der Waals surface area contributed by atoms with Crippen LogP contribution in [-0.2, 0) is 25.4 Å². The van der Waals surface area contributed by atoms with Crippen LogP contribution in [0.15, 0.2) is 30.5 Å². The molecule has 140 valence electrons. The van der Waals surface area contributed by atoms with Gasteiger partial charge in [0.15, 0.2) is 6.10 Å². The highest BCUT2D eigenvalue weighted by atomic mass is 16.7. The molecule has 7 heteroatoms. The number of benzene rings is 1. The molecule has 7 nitrogen and oxygen atoms in total. The summed E-state index contributed by atoms with van der Waals surface area (Å²) in [6, 6.07) is 8.21. The molecule has 1 aromatic carbocycles. The zero-order valence-corrected chi connectivity index (χ0v) is 15.1. The van der Waals surface area contributed by atoms with Crippen molar-refractivity contribution in [3.8, 4) is 0 Å². The Balaban J connectivity index is 1.61. The van der Waals surface area contributed by atoms with Crippen LogP contribution in [-0.4, -0.2) is 61.0 Å². The van der Waals surface area contributed by atoms with Crippen molar-refractivity contribution in [2.45, 2.75) is 32.0 Å². The lowest BCUT2D eigenvalue weighted by Gasteiger charge is -2.36. The molecule has 0 radical (unpaired) electrons. The number of esters is 1. The van der Waals surface area contributed by atoms with Crippen molar-refractivity contribution in [1.29, 1.82) is 0 Å². The zero-order valence-electron chi connectivity index (χ0n) is 15.1. The fourth-order valence-electron chi connectivity index (χ4n) is 3.41. The summed E-state index contributed by atoms with van der Waals surface area (Å²) in [4.78, 5) is 28.3. The van der Waals surface area contributed by atoms with Crippen LogP contribution in [0.5, 0.6) is 0 Å². The maximum atomic E-state index is 11.5. The number of likely N-dealkylation sites (tertiary alicyclic amines) is 1. The number of methoxy groups -OCH3 is 1. The van der Waals surface area contributed by atoms with Crippen molar-refractivity contribution in [3.63, 3.8) is 0 Å². The van der Waals surface area contributed by atoms with Crippen molar-refractivity contribution in [2.24, 2.45) is 0 Å². The van der Waals surface area contributed by atoms with E-state index in [0.29, 0.717) is 13.0 Å². The van der Waals surface area contributed by atoms with Crippen molar-refractivity contribution in [1.82, 2.24) is 9.88 Å². The third-order valence-corrected chi connectivity index (χ3v) is 4.69. The molecule has 0 bridgehead atoms. The summed E-state index contributed by atoms with van der Waals surface area (Å²) >= 11 is 0. The molecule has 26 heavy (non-hydrogen) atoms. The second-order valence-electron chi connectivity index (χ2n) is 6.46. The summed E-state index contributed by atoms with van der Waals surface area (Å²) in [5.41, 5.74) is 2.39. The van der Waals surface area contributed by atoms with Gasteiger partial charge in [0.2, 0.25) is 0 Å². The molecule has 0 unspecified atom stereocenters. The van der Waals surface area contributed by atoms with Gasteiger partial charge in [0.25, 0.3) is 0 Å². The molecule has 2 heterocycles. The highest BCUT2D eigenvalue weighted by Gasteiger charge is 2.34. The van der Waals surface area contributed by atoms with Gasteiger partial charge in [-0.3, -0.25) is 9.69 Å². The largest absolute Gasteiger partial charge is 0.508 e. The minimum atomic E-state index is -0.759. The van der Waals surface area contributed by atoms with Gasteiger partial charge < -0.3 is 19.2 Å². The number of carbonyl (C=O) groups excluding carboxylic acids is 2.